The number of nitrogens with one attached hydrogen (secondary N) is 2. The van der Waals surface area contributed by atoms with Crippen molar-refractivity contribution in [1.82, 2.24) is 19.2 Å². The van der Waals surface area contributed by atoms with Gasteiger partial charge in [0.2, 0.25) is 0 Å². The Hall–Kier alpha value is -3.46. The summed E-state index contributed by atoms with van der Waals surface area (Å²) in [7, 11) is 0. The number of aromatic nitrogens is 3. The second-order valence-electron chi connectivity index (χ2n) is 8.16. The zero-order valence-electron chi connectivity index (χ0n) is 19.2. The molecule has 0 spiro atoms. The summed E-state index contributed by atoms with van der Waals surface area (Å²) in [6.45, 7) is 1.80. The lowest BCUT2D eigenvalue weighted by molar-refractivity contribution is -0.141. The summed E-state index contributed by atoms with van der Waals surface area (Å²) in [5.41, 5.74) is -0.509. The fourth-order valence-corrected chi connectivity index (χ4v) is 4.48. The van der Waals surface area contributed by atoms with E-state index in [1.54, 1.807) is 6.92 Å². The lowest BCUT2D eigenvalue weighted by Gasteiger charge is -2.17. The molecule has 0 unspecified atom stereocenters. The van der Waals surface area contributed by atoms with E-state index in [1.165, 1.54) is 17.0 Å². The second kappa shape index (κ2) is 10.9. The van der Waals surface area contributed by atoms with Crippen LogP contribution in [0.3, 0.4) is 0 Å². The molecule has 15 heteroatoms. The van der Waals surface area contributed by atoms with Gasteiger partial charge in [-0.2, -0.15) is 17.5 Å². The van der Waals surface area contributed by atoms with Crippen LogP contribution in [0.25, 0.3) is 0 Å². The highest BCUT2D eigenvalue weighted by atomic mass is 32.1. The van der Waals surface area contributed by atoms with Crippen LogP contribution in [-0.2, 0) is 6.18 Å². The van der Waals surface area contributed by atoms with E-state index in [2.05, 4.69) is 25.0 Å². The number of hydrogen-bond donors (Lipinski definition) is 2. The minimum Gasteiger partial charge on any atom is -0.486 e. The van der Waals surface area contributed by atoms with Gasteiger partial charge in [0, 0.05) is 24.8 Å². The molecular weight excluding hydrogens is 526 g/mol. The molecule has 0 bridgehead atoms. The van der Waals surface area contributed by atoms with Crippen molar-refractivity contribution in [2.75, 3.05) is 30.3 Å². The first-order valence-electron chi connectivity index (χ1n) is 10.9. The van der Waals surface area contributed by atoms with Crippen LogP contribution in [-0.4, -0.2) is 57.3 Å². The third kappa shape index (κ3) is 6.65. The molecule has 8 nitrogen and oxygen atoms in total. The summed E-state index contributed by atoms with van der Waals surface area (Å²) in [5, 5.41) is 5.57. The van der Waals surface area contributed by atoms with Gasteiger partial charge in [-0.3, -0.25) is 9.69 Å². The quantitative estimate of drug-likeness (QED) is 0.379. The summed E-state index contributed by atoms with van der Waals surface area (Å²) in [4.78, 5) is 21.5. The first-order chi connectivity index (χ1) is 17.5. The average molecular weight is 546 g/mol. The maximum Gasteiger partial charge on any atom is 0.434 e. The van der Waals surface area contributed by atoms with Crippen molar-refractivity contribution in [3.63, 3.8) is 0 Å². The number of likely N-dealkylation sites (tertiary alicyclic amines) is 1. The Labute approximate surface area is 210 Å². The molecule has 1 saturated heterocycles. The molecule has 37 heavy (non-hydrogen) atoms. The molecule has 1 aliphatic rings. The molecule has 2 aromatic heterocycles. The van der Waals surface area contributed by atoms with E-state index in [1.807, 2.05) is 0 Å². The summed E-state index contributed by atoms with van der Waals surface area (Å²) < 4.78 is 87.4. The molecule has 1 fully saturated rings. The number of halogens is 6. The summed E-state index contributed by atoms with van der Waals surface area (Å²) in [6.07, 6.45) is -5.71. The standard InChI is InChI=1S/C22H20F6N6O2S/c1-11-19(21(37-33-11)32-18-8-29-16(7-30-18)22(26,27)28)20(35)31-12-2-3-14(23)15(6-12)36-13-4-5-34(9-13)10-17(24)25/h2-3,6-8,13,17H,4-5,9-10H2,1H3,(H,30,32)(H,31,35)/t13-/m1/s1. The van der Waals surface area contributed by atoms with Gasteiger partial charge in [-0.05, 0) is 37.0 Å². The Morgan fingerprint density at radius 2 is 2.05 bits per heavy atom. The minimum atomic E-state index is -4.64. The van der Waals surface area contributed by atoms with Gasteiger partial charge in [-0.25, -0.2) is 23.1 Å². The van der Waals surface area contributed by atoms with Crippen molar-refractivity contribution in [3.05, 3.63) is 53.4 Å². The average Bonchev–Trinajstić information content (AvgIpc) is 3.41. The Bertz CT molecular complexity index is 1250. The lowest BCUT2D eigenvalue weighted by atomic mass is 10.2. The SMILES string of the molecule is Cc1nsc(Nc2cnc(C(F)(F)F)cn2)c1C(=O)Nc1ccc(F)c(O[C@@H]2CCN(CC(F)F)C2)c1. The number of carbonyl (C=O) groups is 1. The van der Waals surface area contributed by atoms with Gasteiger partial charge in [-0.15, -0.1) is 0 Å². The fraction of sp³-hybridized carbons (Fsp3) is 0.364. The Morgan fingerprint density at radius 3 is 2.73 bits per heavy atom. The molecule has 0 aliphatic carbocycles. The second-order valence-corrected chi connectivity index (χ2v) is 8.93. The smallest absolute Gasteiger partial charge is 0.434 e. The molecular formula is C22H20F6N6O2S. The predicted octanol–water partition coefficient (Wildman–Crippen LogP) is 5.11. The van der Waals surface area contributed by atoms with Crippen molar-refractivity contribution >= 4 is 33.9 Å². The number of rotatable bonds is 8. The molecule has 3 aromatic rings. The fourth-order valence-electron chi connectivity index (χ4n) is 3.68. The first-order valence-corrected chi connectivity index (χ1v) is 11.7. The Morgan fingerprint density at radius 1 is 1.27 bits per heavy atom. The predicted molar refractivity (Wildman–Crippen MR) is 123 cm³/mol. The molecule has 1 amide bonds. The largest absolute Gasteiger partial charge is 0.486 e. The van der Waals surface area contributed by atoms with E-state index >= 15 is 0 Å². The molecule has 1 aromatic carbocycles. The number of hydrogen-bond acceptors (Lipinski definition) is 8. The third-order valence-corrected chi connectivity index (χ3v) is 6.24. The zero-order chi connectivity index (χ0) is 26.7. The number of benzene rings is 1. The van der Waals surface area contributed by atoms with Gasteiger partial charge in [-0.1, -0.05) is 0 Å². The molecule has 1 aliphatic heterocycles. The number of alkyl halides is 5. The molecule has 2 N–H and O–H groups in total. The number of amides is 1. The van der Waals surface area contributed by atoms with Gasteiger partial charge >= 0.3 is 6.18 Å². The van der Waals surface area contributed by atoms with E-state index in [0.717, 1.165) is 23.8 Å². The van der Waals surface area contributed by atoms with Crippen LogP contribution in [0.5, 0.6) is 5.75 Å². The number of anilines is 3. The summed E-state index contributed by atoms with van der Waals surface area (Å²) in [6, 6.07) is 3.71. The van der Waals surface area contributed by atoms with E-state index < -0.39 is 36.1 Å². The highest BCUT2D eigenvalue weighted by Gasteiger charge is 2.33. The molecule has 4 rings (SSSR count). The van der Waals surface area contributed by atoms with Gasteiger partial charge in [0.25, 0.3) is 12.3 Å². The maximum atomic E-state index is 14.3. The van der Waals surface area contributed by atoms with Crippen LogP contribution < -0.4 is 15.4 Å². The molecule has 0 radical (unpaired) electrons. The van der Waals surface area contributed by atoms with Crippen LogP contribution in [0.4, 0.5) is 42.8 Å². The Balaban J connectivity index is 1.44. The van der Waals surface area contributed by atoms with E-state index in [-0.39, 0.29) is 40.9 Å². The normalized spacial score (nSPS) is 16.3. The van der Waals surface area contributed by atoms with E-state index in [0.29, 0.717) is 24.9 Å². The Kier molecular flexibility index (Phi) is 7.82. The van der Waals surface area contributed by atoms with Crippen molar-refractivity contribution in [3.8, 4) is 5.75 Å². The van der Waals surface area contributed by atoms with Crippen molar-refractivity contribution in [1.29, 1.82) is 0 Å². The molecule has 1 atom stereocenters. The van der Waals surface area contributed by atoms with E-state index in [4.69, 9.17) is 4.74 Å². The van der Waals surface area contributed by atoms with Crippen LogP contribution in [0, 0.1) is 12.7 Å². The first kappa shape index (κ1) is 26.6. The molecule has 0 saturated carbocycles. The monoisotopic (exact) mass is 546 g/mol. The highest BCUT2D eigenvalue weighted by Crippen LogP contribution is 2.31. The lowest BCUT2D eigenvalue weighted by Crippen LogP contribution is -2.29. The number of aryl methyl sites for hydroxylation is 1. The van der Waals surface area contributed by atoms with Crippen LogP contribution >= 0.6 is 11.5 Å². The highest BCUT2D eigenvalue weighted by molar-refractivity contribution is 7.10. The van der Waals surface area contributed by atoms with E-state index in [9.17, 15) is 31.1 Å². The van der Waals surface area contributed by atoms with Gasteiger partial charge in [0.1, 0.15) is 16.9 Å². The van der Waals surface area contributed by atoms with Crippen molar-refractivity contribution in [2.45, 2.75) is 32.1 Å². The molecule has 198 valence electrons. The van der Waals surface area contributed by atoms with Gasteiger partial charge < -0.3 is 15.4 Å². The van der Waals surface area contributed by atoms with Crippen LogP contribution in [0.15, 0.2) is 30.6 Å². The van der Waals surface area contributed by atoms with Gasteiger partial charge in [0.05, 0.1) is 30.2 Å². The van der Waals surface area contributed by atoms with Crippen molar-refractivity contribution < 1.29 is 35.9 Å². The third-order valence-electron chi connectivity index (χ3n) is 5.38. The summed E-state index contributed by atoms with van der Waals surface area (Å²) in [5.74, 6) is -1.46. The molecule has 3 heterocycles. The number of carbonyl (C=O) groups excluding carboxylic acids is 1. The maximum absolute atomic E-state index is 14.3. The summed E-state index contributed by atoms with van der Waals surface area (Å²) >= 11 is 0.896. The van der Waals surface area contributed by atoms with Crippen LogP contribution in [0.2, 0.25) is 0 Å². The van der Waals surface area contributed by atoms with Crippen LogP contribution in [0.1, 0.15) is 28.2 Å². The zero-order valence-corrected chi connectivity index (χ0v) is 20.0. The number of nitrogens with zero attached hydrogens (tertiary/aromatic N) is 4. The van der Waals surface area contributed by atoms with Crippen molar-refractivity contribution in [2.24, 2.45) is 0 Å². The minimum absolute atomic E-state index is 0.0272. The van der Waals surface area contributed by atoms with Gasteiger partial charge in [0.15, 0.2) is 17.3 Å². The number of ether oxygens (including phenoxy) is 1. The topological polar surface area (TPSA) is 92.3 Å².